The van der Waals surface area contributed by atoms with Crippen molar-refractivity contribution in [2.45, 2.75) is 31.0 Å². The van der Waals surface area contributed by atoms with E-state index in [2.05, 4.69) is 11.0 Å². The smallest absolute Gasteiger partial charge is 0.387 e. The van der Waals surface area contributed by atoms with Crippen LogP contribution in [0, 0.1) is 0 Å². The number of likely N-dealkylation sites (tertiary alicyclic amines) is 1. The molecule has 1 N–H and O–H groups in total. The molecule has 1 aromatic heterocycles. The van der Waals surface area contributed by atoms with E-state index < -0.39 is 17.8 Å². The average molecular weight is 406 g/mol. The van der Waals surface area contributed by atoms with Gasteiger partial charge in [0, 0.05) is 12.5 Å². The molecule has 1 aliphatic rings. The summed E-state index contributed by atoms with van der Waals surface area (Å²) in [5.41, 5.74) is 0.865. The minimum Gasteiger partial charge on any atom is -0.387 e. The van der Waals surface area contributed by atoms with Crippen LogP contribution in [0.1, 0.15) is 41.0 Å². The van der Waals surface area contributed by atoms with Gasteiger partial charge in [-0.2, -0.15) is 13.2 Å². The maximum atomic E-state index is 12.7. The quantitative estimate of drug-likeness (QED) is 0.645. The lowest BCUT2D eigenvalue weighted by Gasteiger charge is -2.32. The van der Waals surface area contributed by atoms with E-state index in [9.17, 15) is 18.3 Å². The van der Waals surface area contributed by atoms with Crippen LogP contribution in [0.25, 0.3) is 10.2 Å². The molecule has 4 rings (SSSR count). The average Bonchev–Trinajstić information content (AvgIpc) is 3.12. The van der Waals surface area contributed by atoms with Crippen molar-refractivity contribution in [3.8, 4) is 0 Å². The number of β-amino-alcohol motifs (C(OH)–C–C–N with tert-alkyl or cyclic N) is 1. The molecule has 0 radical (unpaired) electrons. The van der Waals surface area contributed by atoms with Crippen molar-refractivity contribution >= 4 is 21.6 Å². The van der Waals surface area contributed by atoms with E-state index in [4.69, 9.17) is 4.98 Å². The Kier molecular flexibility index (Phi) is 5.40. The van der Waals surface area contributed by atoms with Crippen molar-refractivity contribution < 1.29 is 18.3 Å². The normalized spacial score (nSPS) is 17.9. The summed E-state index contributed by atoms with van der Waals surface area (Å²) in [6.45, 7) is 2.12. The maximum absolute atomic E-state index is 12.7. The number of aliphatic hydroxyl groups excluding tert-OH is 1. The molecule has 28 heavy (non-hydrogen) atoms. The van der Waals surface area contributed by atoms with Gasteiger partial charge in [0.05, 0.1) is 26.9 Å². The molecule has 0 bridgehead atoms. The predicted molar refractivity (Wildman–Crippen MR) is 104 cm³/mol. The zero-order valence-electron chi connectivity index (χ0n) is 15.2. The molecule has 3 nitrogen and oxygen atoms in total. The Balaban J connectivity index is 1.33. The third kappa shape index (κ3) is 4.21. The lowest BCUT2D eigenvalue weighted by Crippen LogP contribution is -2.36. The molecular weight excluding hydrogens is 385 g/mol. The van der Waals surface area contributed by atoms with Gasteiger partial charge in [0.15, 0.2) is 0 Å². The summed E-state index contributed by atoms with van der Waals surface area (Å²) < 4.78 is 39.2. The first-order valence-electron chi connectivity index (χ1n) is 9.33. The number of nitrogens with zero attached hydrogens (tertiary/aromatic N) is 2. The van der Waals surface area contributed by atoms with Crippen LogP contribution in [0.15, 0.2) is 48.5 Å². The SMILES string of the molecule is OC(CN1CCC(c2nc3ccccc3s2)CC1)c1ccc(C(F)(F)F)cc1. The molecule has 1 saturated heterocycles. The number of halogens is 3. The summed E-state index contributed by atoms with van der Waals surface area (Å²) in [6, 6.07) is 12.9. The number of aliphatic hydroxyl groups is 1. The van der Waals surface area contributed by atoms with E-state index >= 15 is 0 Å². The number of para-hydroxylation sites is 1. The van der Waals surface area contributed by atoms with Gasteiger partial charge in [0.1, 0.15) is 0 Å². The number of piperidine rings is 1. The molecule has 0 spiro atoms. The van der Waals surface area contributed by atoms with E-state index in [1.54, 1.807) is 11.3 Å². The number of hydrogen-bond acceptors (Lipinski definition) is 4. The van der Waals surface area contributed by atoms with Gasteiger partial charge in [-0.1, -0.05) is 24.3 Å². The van der Waals surface area contributed by atoms with E-state index in [1.165, 1.54) is 21.8 Å². The number of thiazole rings is 1. The third-order valence-electron chi connectivity index (χ3n) is 5.30. The predicted octanol–water partition coefficient (Wildman–Crippen LogP) is 5.23. The third-order valence-corrected chi connectivity index (χ3v) is 6.50. The van der Waals surface area contributed by atoms with E-state index in [0.29, 0.717) is 18.0 Å². The largest absolute Gasteiger partial charge is 0.416 e. The van der Waals surface area contributed by atoms with Gasteiger partial charge in [0.2, 0.25) is 0 Å². The molecular formula is C21H21F3N2OS. The molecule has 3 aromatic rings. The summed E-state index contributed by atoms with van der Waals surface area (Å²) in [5, 5.41) is 11.6. The van der Waals surface area contributed by atoms with Crippen LogP contribution in [0.5, 0.6) is 0 Å². The van der Waals surface area contributed by atoms with Crippen LogP contribution in [-0.2, 0) is 6.18 Å². The summed E-state index contributed by atoms with van der Waals surface area (Å²) in [4.78, 5) is 6.93. The molecule has 1 aliphatic heterocycles. The van der Waals surface area contributed by atoms with Crippen LogP contribution in [0.3, 0.4) is 0 Å². The molecule has 2 aromatic carbocycles. The van der Waals surface area contributed by atoms with Crippen molar-refractivity contribution in [3.05, 3.63) is 64.7 Å². The van der Waals surface area contributed by atoms with Crippen molar-refractivity contribution in [2.24, 2.45) is 0 Å². The number of hydrogen-bond donors (Lipinski definition) is 1. The summed E-state index contributed by atoms with van der Waals surface area (Å²) in [5.74, 6) is 0.428. The number of alkyl halides is 3. The summed E-state index contributed by atoms with van der Waals surface area (Å²) in [7, 11) is 0. The van der Waals surface area contributed by atoms with Crippen LogP contribution < -0.4 is 0 Å². The Hall–Kier alpha value is -1.96. The van der Waals surface area contributed by atoms with Crippen molar-refractivity contribution in [3.63, 3.8) is 0 Å². The highest BCUT2D eigenvalue weighted by molar-refractivity contribution is 7.18. The Morgan fingerprint density at radius 1 is 1.07 bits per heavy atom. The standard InChI is InChI=1S/C21H21F3N2OS/c22-21(23,24)16-7-5-14(6-8-16)18(27)13-26-11-9-15(10-12-26)20-25-17-3-1-2-4-19(17)28-20/h1-8,15,18,27H,9-13H2. The van der Waals surface area contributed by atoms with Crippen LogP contribution in [0.4, 0.5) is 13.2 Å². The molecule has 0 amide bonds. The van der Waals surface area contributed by atoms with Gasteiger partial charge in [-0.05, 0) is 55.8 Å². The lowest BCUT2D eigenvalue weighted by molar-refractivity contribution is -0.137. The minimum absolute atomic E-state index is 0.428. The second kappa shape index (κ2) is 7.81. The Morgan fingerprint density at radius 3 is 2.39 bits per heavy atom. The van der Waals surface area contributed by atoms with Crippen molar-refractivity contribution in [1.29, 1.82) is 0 Å². The van der Waals surface area contributed by atoms with E-state index in [-0.39, 0.29) is 0 Å². The van der Waals surface area contributed by atoms with Crippen molar-refractivity contribution in [2.75, 3.05) is 19.6 Å². The highest BCUT2D eigenvalue weighted by Crippen LogP contribution is 2.34. The summed E-state index contributed by atoms with van der Waals surface area (Å²) >= 11 is 1.75. The Bertz CT molecular complexity index is 898. The fourth-order valence-corrected chi connectivity index (χ4v) is 4.81. The number of rotatable bonds is 4. The fourth-order valence-electron chi connectivity index (χ4n) is 3.67. The monoisotopic (exact) mass is 406 g/mol. The highest BCUT2D eigenvalue weighted by Gasteiger charge is 2.30. The second-order valence-electron chi connectivity index (χ2n) is 7.23. The van der Waals surface area contributed by atoms with Crippen LogP contribution in [0.2, 0.25) is 0 Å². The van der Waals surface area contributed by atoms with Crippen LogP contribution in [-0.4, -0.2) is 34.6 Å². The molecule has 148 valence electrons. The molecule has 1 atom stereocenters. The summed E-state index contributed by atoms with van der Waals surface area (Å²) in [6.07, 6.45) is -3.20. The van der Waals surface area contributed by atoms with Gasteiger partial charge >= 0.3 is 6.18 Å². The first kappa shape index (κ1) is 19.4. The van der Waals surface area contributed by atoms with Crippen molar-refractivity contribution in [1.82, 2.24) is 9.88 Å². The van der Waals surface area contributed by atoms with E-state index in [1.807, 2.05) is 18.2 Å². The Morgan fingerprint density at radius 2 is 1.75 bits per heavy atom. The zero-order valence-corrected chi connectivity index (χ0v) is 16.0. The first-order chi connectivity index (χ1) is 13.4. The van der Waals surface area contributed by atoms with Gasteiger partial charge < -0.3 is 10.0 Å². The van der Waals surface area contributed by atoms with E-state index in [0.717, 1.165) is 43.6 Å². The number of aromatic nitrogens is 1. The molecule has 7 heteroatoms. The van der Waals surface area contributed by atoms with Gasteiger partial charge in [-0.15, -0.1) is 11.3 Å². The molecule has 0 aliphatic carbocycles. The van der Waals surface area contributed by atoms with Gasteiger partial charge in [-0.3, -0.25) is 0 Å². The molecule has 0 saturated carbocycles. The lowest BCUT2D eigenvalue weighted by atomic mass is 9.96. The second-order valence-corrected chi connectivity index (χ2v) is 8.29. The minimum atomic E-state index is -4.36. The Labute approximate surface area is 165 Å². The number of fused-ring (bicyclic) bond motifs is 1. The topological polar surface area (TPSA) is 36.4 Å². The zero-order chi connectivity index (χ0) is 19.7. The molecule has 1 fully saturated rings. The first-order valence-corrected chi connectivity index (χ1v) is 10.1. The molecule has 2 heterocycles. The number of benzene rings is 2. The van der Waals surface area contributed by atoms with Crippen LogP contribution >= 0.6 is 11.3 Å². The molecule has 1 unspecified atom stereocenters. The fraction of sp³-hybridized carbons (Fsp3) is 0.381. The van der Waals surface area contributed by atoms with Gasteiger partial charge in [0.25, 0.3) is 0 Å². The maximum Gasteiger partial charge on any atom is 0.416 e. The van der Waals surface area contributed by atoms with Gasteiger partial charge in [-0.25, -0.2) is 4.98 Å². The highest BCUT2D eigenvalue weighted by atomic mass is 32.1.